The zero-order valence-corrected chi connectivity index (χ0v) is 5.02. The molecule has 1 aliphatic rings. The fourth-order valence-corrected chi connectivity index (χ4v) is 0.814. The molecule has 1 unspecified atom stereocenters. The first-order chi connectivity index (χ1) is 3.67. The van der Waals surface area contributed by atoms with Gasteiger partial charge in [-0.25, -0.2) is 4.39 Å². The minimum absolute atomic E-state index is 0.243. The minimum Gasteiger partial charge on any atom is -0.387 e. The monoisotopic (exact) mass is 118 g/mol. The zero-order valence-electron chi connectivity index (χ0n) is 5.02. The topological polar surface area (TPSA) is 20.2 Å². The first-order valence-corrected chi connectivity index (χ1v) is 2.95. The van der Waals surface area contributed by atoms with Gasteiger partial charge in [-0.1, -0.05) is 0 Å². The van der Waals surface area contributed by atoms with Gasteiger partial charge in [0.05, 0.1) is 5.60 Å². The van der Waals surface area contributed by atoms with E-state index in [1.54, 1.807) is 6.92 Å². The van der Waals surface area contributed by atoms with Crippen LogP contribution in [0.5, 0.6) is 0 Å². The Morgan fingerprint density at radius 1 is 1.75 bits per heavy atom. The highest BCUT2D eigenvalue weighted by Crippen LogP contribution is 2.39. The van der Waals surface area contributed by atoms with E-state index in [0.717, 1.165) is 12.8 Å². The molecular formula is C6H11FO. The molecule has 0 bridgehead atoms. The Bertz CT molecular complexity index is 86.5. The molecule has 1 N–H and O–H groups in total. The van der Waals surface area contributed by atoms with E-state index in [0.29, 0.717) is 0 Å². The number of alkyl halides is 1. The Labute approximate surface area is 48.5 Å². The van der Waals surface area contributed by atoms with E-state index in [1.807, 2.05) is 0 Å². The van der Waals surface area contributed by atoms with Gasteiger partial charge < -0.3 is 5.11 Å². The molecule has 1 fully saturated rings. The summed E-state index contributed by atoms with van der Waals surface area (Å²) in [4.78, 5) is 0. The molecule has 0 aliphatic heterocycles. The molecule has 0 saturated heterocycles. The highest BCUT2D eigenvalue weighted by molar-refractivity contribution is 4.90. The number of rotatable bonds is 2. The minimum atomic E-state index is -1.01. The van der Waals surface area contributed by atoms with Gasteiger partial charge in [-0.05, 0) is 25.7 Å². The van der Waals surface area contributed by atoms with Crippen LogP contribution in [0.3, 0.4) is 0 Å². The van der Waals surface area contributed by atoms with Gasteiger partial charge in [-0.3, -0.25) is 0 Å². The van der Waals surface area contributed by atoms with Crippen LogP contribution in [0.25, 0.3) is 0 Å². The molecular weight excluding hydrogens is 107 g/mol. The molecule has 1 aliphatic carbocycles. The predicted octanol–water partition coefficient (Wildman–Crippen LogP) is 1.12. The fraction of sp³-hybridized carbons (Fsp3) is 1.00. The number of halogens is 1. The van der Waals surface area contributed by atoms with Crippen LogP contribution in [0.15, 0.2) is 0 Å². The standard InChI is InChI=1S/C6H11FO/c1-6(8,4-7)5-2-3-5/h5,8H,2-4H2,1H3. The molecule has 8 heavy (non-hydrogen) atoms. The first kappa shape index (κ1) is 6.02. The largest absolute Gasteiger partial charge is 0.387 e. The summed E-state index contributed by atoms with van der Waals surface area (Å²) in [6.07, 6.45) is 1.99. The second-order valence-corrected chi connectivity index (χ2v) is 2.77. The Hall–Kier alpha value is -0.110. The summed E-state index contributed by atoms with van der Waals surface area (Å²) in [5.74, 6) is 0.243. The van der Waals surface area contributed by atoms with E-state index < -0.39 is 12.3 Å². The lowest BCUT2D eigenvalue weighted by atomic mass is 10.0. The Morgan fingerprint density at radius 3 is 2.38 bits per heavy atom. The van der Waals surface area contributed by atoms with Crippen molar-refractivity contribution in [2.75, 3.05) is 6.67 Å². The van der Waals surface area contributed by atoms with E-state index in [1.165, 1.54) is 0 Å². The highest BCUT2D eigenvalue weighted by atomic mass is 19.1. The fourth-order valence-electron chi connectivity index (χ4n) is 0.814. The predicted molar refractivity (Wildman–Crippen MR) is 29.3 cm³/mol. The molecule has 0 heterocycles. The van der Waals surface area contributed by atoms with Gasteiger partial charge in [-0.15, -0.1) is 0 Å². The van der Waals surface area contributed by atoms with E-state index in [2.05, 4.69) is 0 Å². The smallest absolute Gasteiger partial charge is 0.118 e. The maximum absolute atomic E-state index is 11.8. The Morgan fingerprint density at radius 2 is 2.25 bits per heavy atom. The second-order valence-electron chi connectivity index (χ2n) is 2.77. The average molecular weight is 118 g/mol. The third kappa shape index (κ3) is 0.996. The van der Waals surface area contributed by atoms with Crippen molar-refractivity contribution in [3.05, 3.63) is 0 Å². The maximum Gasteiger partial charge on any atom is 0.118 e. The SMILES string of the molecule is CC(O)(CF)C1CC1. The molecule has 0 spiro atoms. The van der Waals surface area contributed by atoms with Crippen molar-refractivity contribution in [1.82, 2.24) is 0 Å². The third-order valence-corrected chi connectivity index (χ3v) is 1.73. The summed E-state index contributed by atoms with van der Waals surface area (Å²) < 4.78 is 11.8. The van der Waals surface area contributed by atoms with Gasteiger partial charge in [0.25, 0.3) is 0 Å². The Balaban J connectivity index is 2.37. The molecule has 1 nitrogen and oxygen atoms in total. The van der Waals surface area contributed by atoms with Crippen LogP contribution in [-0.4, -0.2) is 17.4 Å². The number of hydrogen-bond donors (Lipinski definition) is 1. The molecule has 1 rings (SSSR count). The zero-order chi connectivity index (χ0) is 6.20. The van der Waals surface area contributed by atoms with Gasteiger partial charge in [0, 0.05) is 0 Å². The summed E-state index contributed by atoms with van der Waals surface area (Å²) in [5, 5.41) is 9.09. The van der Waals surface area contributed by atoms with Gasteiger partial charge in [-0.2, -0.15) is 0 Å². The summed E-state index contributed by atoms with van der Waals surface area (Å²) in [7, 11) is 0. The van der Waals surface area contributed by atoms with Gasteiger partial charge >= 0.3 is 0 Å². The summed E-state index contributed by atoms with van der Waals surface area (Å²) in [6.45, 7) is 0.961. The molecule has 0 radical (unpaired) electrons. The lowest BCUT2D eigenvalue weighted by Crippen LogP contribution is -2.29. The van der Waals surface area contributed by atoms with Crippen molar-refractivity contribution in [3.63, 3.8) is 0 Å². The van der Waals surface area contributed by atoms with Crippen LogP contribution >= 0.6 is 0 Å². The molecule has 48 valence electrons. The van der Waals surface area contributed by atoms with Crippen molar-refractivity contribution >= 4 is 0 Å². The number of aliphatic hydroxyl groups is 1. The summed E-state index contributed by atoms with van der Waals surface area (Å²) in [5.41, 5.74) is -1.01. The number of hydrogen-bond acceptors (Lipinski definition) is 1. The van der Waals surface area contributed by atoms with E-state index >= 15 is 0 Å². The first-order valence-electron chi connectivity index (χ1n) is 2.95. The molecule has 1 atom stereocenters. The van der Waals surface area contributed by atoms with Crippen molar-refractivity contribution in [2.24, 2.45) is 5.92 Å². The van der Waals surface area contributed by atoms with Crippen molar-refractivity contribution in [1.29, 1.82) is 0 Å². The maximum atomic E-state index is 11.8. The third-order valence-electron chi connectivity index (χ3n) is 1.73. The van der Waals surface area contributed by atoms with Gasteiger partial charge in [0.15, 0.2) is 0 Å². The van der Waals surface area contributed by atoms with Crippen LogP contribution in [0.1, 0.15) is 19.8 Å². The van der Waals surface area contributed by atoms with Crippen molar-refractivity contribution in [2.45, 2.75) is 25.4 Å². The molecule has 0 aromatic heterocycles. The quantitative estimate of drug-likeness (QED) is 0.576. The van der Waals surface area contributed by atoms with Crippen LogP contribution in [0.2, 0.25) is 0 Å². The van der Waals surface area contributed by atoms with Crippen LogP contribution in [-0.2, 0) is 0 Å². The lowest BCUT2D eigenvalue weighted by Gasteiger charge is -2.16. The average Bonchev–Trinajstić information content (AvgIpc) is 2.44. The second kappa shape index (κ2) is 1.69. The van der Waals surface area contributed by atoms with Crippen molar-refractivity contribution < 1.29 is 9.50 Å². The van der Waals surface area contributed by atoms with Crippen molar-refractivity contribution in [3.8, 4) is 0 Å². The summed E-state index contributed by atoms with van der Waals surface area (Å²) >= 11 is 0. The lowest BCUT2D eigenvalue weighted by molar-refractivity contribution is 0.0124. The van der Waals surface area contributed by atoms with Crippen LogP contribution in [0, 0.1) is 5.92 Å². The summed E-state index contributed by atoms with van der Waals surface area (Å²) in [6, 6.07) is 0. The van der Waals surface area contributed by atoms with Crippen LogP contribution in [0.4, 0.5) is 4.39 Å². The van der Waals surface area contributed by atoms with Crippen LogP contribution < -0.4 is 0 Å². The van der Waals surface area contributed by atoms with E-state index in [9.17, 15) is 4.39 Å². The molecule has 0 amide bonds. The molecule has 0 aromatic rings. The van der Waals surface area contributed by atoms with E-state index in [4.69, 9.17) is 5.11 Å². The molecule has 0 aromatic carbocycles. The van der Waals surface area contributed by atoms with E-state index in [-0.39, 0.29) is 5.92 Å². The van der Waals surface area contributed by atoms with Gasteiger partial charge in [0.2, 0.25) is 0 Å². The molecule has 1 saturated carbocycles. The Kier molecular flexibility index (Phi) is 1.27. The normalized spacial score (nSPS) is 27.4. The molecule has 2 heteroatoms. The van der Waals surface area contributed by atoms with Gasteiger partial charge in [0.1, 0.15) is 6.67 Å². The highest BCUT2D eigenvalue weighted by Gasteiger charge is 2.39.